The van der Waals surface area contributed by atoms with E-state index < -0.39 is 7.25 Å². The molecule has 0 aromatic heterocycles. The van der Waals surface area contributed by atoms with E-state index in [2.05, 4.69) is 36.6 Å². The van der Waals surface area contributed by atoms with Gasteiger partial charge in [0.25, 0.3) is 5.95 Å². The predicted octanol–water partition coefficient (Wildman–Crippen LogP) is 3.90. The van der Waals surface area contributed by atoms with Crippen LogP contribution in [0.4, 0.5) is 17.3 Å². The number of fused-ring (bicyclic) bond motifs is 1. The summed E-state index contributed by atoms with van der Waals surface area (Å²) in [6.07, 6.45) is 0. The maximum Gasteiger partial charge on any atom is 0.673 e. The van der Waals surface area contributed by atoms with E-state index in [9.17, 15) is 17.3 Å². The summed E-state index contributed by atoms with van der Waals surface area (Å²) in [6.45, 7) is 8.86. The van der Waals surface area contributed by atoms with Gasteiger partial charge in [-0.15, -0.1) is 0 Å². The monoisotopic (exact) mass is 333 g/mol. The molecule has 0 bridgehead atoms. The molecule has 2 rings (SSSR count). The summed E-state index contributed by atoms with van der Waals surface area (Å²) >= 11 is 0. The van der Waals surface area contributed by atoms with E-state index in [4.69, 9.17) is 9.15 Å². The minimum Gasteiger partial charge on any atom is -0.465 e. The number of hydrogen-bond acceptors (Lipinski definition) is 2. The Hall–Kier alpha value is -1.99. The van der Waals surface area contributed by atoms with Crippen LogP contribution in [-0.4, -0.2) is 27.0 Å². The molecule has 1 heterocycles. The summed E-state index contributed by atoms with van der Waals surface area (Å²) < 4.78 is 52.4. The highest BCUT2D eigenvalue weighted by atomic mass is 19.5. The van der Waals surface area contributed by atoms with Gasteiger partial charge in [-0.05, 0) is 32.9 Å². The molecule has 0 saturated carbocycles. The van der Waals surface area contributed by atoms with Gasteiger partial charge in [-0.1, -0.05) is 0 Å². The third-order valence-corrected chi connectivity index (χ3v) is 3.02. The zero-order valence-corrected chi connectivity index (χ0v) is 13.4. The first-order valence-electron chi connectivity index (χ1n) is 7.40. The zero-order valence-electron chi connectivity index (χ0n) is 13.4. The molecule has 0 amide bonds. The normalized spacial score (nSPS) is 10.9. The van der Waals surface area contributed by atoms with Gasteiger partial charge in [-0.2, -0.15) is 0 Å². The number of nitrogens with zero attached hydrogens (tertiary/aromatic N) is 1. The van der Waals surface area contributed by atoms with Gasteiger partial charge in [0, 0.05) is 17.7 Å². The summed E-state index contributed by atoms with van der Waals surface area (Å²) in [5, 5.41) is 1.19. The van der Waals surface area contributed by atoms with Crippen LogP contribution in [0.5, 0.6) is 5.95 Å². The van der Waals surface area contributed by atoms with Gasteiger partial charge >= 0.3 is 7.25 Å². The molecule has 1 aliphatic heterocycles. The van der Waals surface area contributed by atoms with E-state index in [1.165, 1.54) is 5.36 Å². The predicted molar refractivity (Wildman–Crippen MR) is 83.0 cm³/mol. The molecule has 23 heavy (non-hydrogen) atoms. The third-order valence-electron chi connectivity index (χ3n) is 3.02. The molecular weight excluding hydrogens is 313 g/mol. The smallest absolute Gasteiger partial charge is 0.465 e. The fraction of sp³-hybridized carbons (Fsp3) is 0.400. The highest BCUT2D eigenvalue weighted by Crippen LogP contribution is 2.24. The van der Waals surface area contributed by atoms with Gasteiger partial charge in [-0.25, -0.2) is 4.58 Å². The Morgan fingerprint density at radius 1 is 1.00 bits per heavy atom. The lowest BCUT2D eigenvalue weighted by Gasteiger charge is -2.07. The van der Waals surface area contributed by atoms with Crippen molar-refractivity contribution >= 4 is 7.25 Å². The van der Waals surface area contributed by atoms with Crippen molar-refractivity contribution < 1.29 is 26.4 Å². The van der Waals surface area contributed by atoms with E-state index in [0.717, 1.165) is 24.4 Å². The van der Waals surface area contributed by atoms with Crippen molar-refractivity contribution in [3.63, 3.8) is 0 Å². The summed E-state index contributed by atoms with van der Waals surface area (Å²) in [4.78, 5) is 0. The van der Waals surface area contributed by atoms with Crippen LogP contribution in [-0.2, 0) is 0 Å². The van der Waals surface area contributed by atoms with Crippen molar-refractivity contribution in [2.75, 3.05) is 19.7 Å². The van der Waals surface area contributed by atoms with Gasteiger partial charge in [0.2, 0.25) is 5.36 Å². The van der Waals surface area contributed by atoms with Gasteiger partial charge in [0.1, 0.15) is 18.8 Å². The lowest BCUT2D eigenvalue weighted by atomic mass is 10.1. The number of benzene rings is 1. The van der Waals surface area contributed by atoms with Crippen molar-refractivity contribution in [1.29, 1.82) is 0 Å². The summed E-state index contributed by atoms with van der Waals surface area (Å²) in [5.41, 5.74) is 1.09. The quantitative estimate of drug-likeness (QED) is 0.482. The molecule has 3 nitrogen and oxygen atoms in total. The molecule has 8 heteroatoms. The fourth-order valence-electron chi connectivity index (χ4n) is 2.05. The summed E-state index contributed by atoms with van der Waals surface area (Å²) in [5.74, 6) is 1.44. The van der Waals surface area contributed by atoms with Crippen molar-refractivity contribution in [3.05, 3.63) is 35.7 Å². The van der Waals surface area contributed by atoms with E-state index >= 15 is 0 Å². The zero-order chi connectivity index (χ0) is 17.5. The molecule has 2 aliphatic rings. The first kappa shape index (κ1) is 19.1. The fourth-order valence-corrected chi connectivity index (χ4v) is 2.05. The standard InChI is InChI=1S/C15H20NO2.BF4/c1-4-16(5-2)13-9-7-12-8-10-15(17-6-3)18-14(12)11-13;2-1(3,4)5/h7-11H,4-6H2,1-3H3;/q+1;-1. The average molecular weight is 333 g/mol. The first-order valence-corrected chi connectivity index (χ1v) is 7.40. The van der Waals surface area contributed by atoms with Gasteiger partial charge in [-0.3, -0.25) is 0 Å². The van der Waals surface area contributed by atoms with E-state index in [0.29, 0.717) is 12.6 Å². The topological polar surface area (TPSA) is 25.4 Å². The number of hydrogen-bond donors (Lipinski definition) is 0. The minimum atomic E-state index is -6.00. The Labute approximate surface area is 132 Å². The number of rotatable bonds is 4. The minimum absolute atomic E-state index is 0.571. The van der Waals surface area contributed by atoms with Crippen LogP contribution in [0.25, 0.3) is 11.3 Å². The molecule has 128 valence electrons. The van der Waals surface area contributed by atoms with Crippen molar-refractivity contribution in [3.8, 4) is 17.3 Å². The van der Waals surface area contributed by atoms with Gasteiger partial charge in [0.15, 0.2) is 0 Å². The Morgan fingerprint density at radius 2 is 1.57 bits per heavy atom. The second-order valence-electron chi connectivity index (χ2n) is 4.58. The molecule has 0 spiro atoms. The van der Waals surface area contributed by atoms with Crippen LogP contribution in [0.15, 0.2) is 34.7 Å². The maximum absolute atomic E-state index is 9.75. The first-order chi connectivity index (χ1) is 10.8. The number of halogens is 4. The highest BCUT2D eigenvalue weighted by molar-refractivity contribution is 6.50. The van der Waals surface area contributed by atoms with E-state index in [-0.39, 0.29) is 0 Å². The second kappa shape index (κ2) is 8.60. The average Bonchev–Trinajstić information content (AvgIpc) is 2.47. The van der Waals surface area contributed by atoms with E-state index in [1.54, 1.807) is 0 Å². The molecule has 0 fully saturated rings. The van der Waals surface area contributed by atoms with Crippen molar-refractivity contribution in [1.82, 2.24) is 4.58 Å². The second-order valence-corrected chi connectivity index (χ2v) is 4.58. The maximum atomic E-state index is 9.75. The SMILES string of the molecule is CCOc1ccc2ccc(=[N+](CC)CC)cc-2o1.F[B-](F)(F)F. The molecule has 0 aromatic carbocycles. The van der Waals surface area contributed by atoms with Crippen molar-refractivity contribution in [2.24, 2.45) is 0 Å². The third kappa shape index (κ3) is 6.75. The molecule has 0 radical (unpaired) electrons. The Balaban J connectivity index is 0.000000463. The Bertz CT molecular complexity index is 643. The van der Waals surface area contributed by atoms with Gasteiger partial charge < -0.3 is 26.4 Å². The summed E-state index contributed by atoms with van der Waals surface area (Å²) in [7, 11) is -6.00. The molecule has 0 atom stereocenters. The molecule has 1 aliphatic carbocycles. The Kier molecular flexibility index (Phi) is 7.12. The van der Waals surface area contributed by atoms with Crippen LogP contribution in [0, 0.1) is 0 Å². The Morgan fingerprint density at radius 3 is 2.09 bits per heavy atom. The van der Waals surface area contributed by atoms with Crippen LogP contribution < -0.4 is 14.7 Å². The lowest BCUT2D eigenvalue weighted by molar-refractivity contribution is 0.254. The van der Waals surface area contributed by atoms with Crippen LogP contribution in [0.2, 0.25) is 0 Å². The molecule has 0 unspecified atom stereocenters. The van der Waals surface area contributed by atoms with Crippen LogP contribution >= 0.6 is 0 Å². The lowest BCUT2D eigenvalue weighted by Crippen LogP contribution is -2.29. The molecule has 0 N–H and O–H groups in total. The molecule has 0 saturated heterocycles. The van der Waals surface area contributed by atoms with Gasteiger partial charge in [0.05, 0.1) is 12.7 Å². The van der Waals surface area contributed by atoms with Crippen LogP contribution in [0.3, 0.4) is 0 Å². The molecular formula is C15H20BF4NO2. The van der Waals surface area contributed by atoms with Crippen molar-refractivity contribution in [2.45, 2.75) is 20.8 Å². The molecule has 0 aromatic rings. The van der Waals surface area contributed by atoms with E-state index in [1.807, 2.05) is 19.1 Å². The largest absolute Gasteiger partial charge is 0.673 e. The summed E-state index contributed by atoms with van der Waals surface area (Å²) in [6, 6.07) is 10.2. The number of ether oxygens (including phenoxy) is 1. The highest BCUT2D eigenvalue weighted by Gasteiger charge is 2.20. The van der Waals surface area contributed by atoms with Crippen LogP contribution in [0.1, 0.15) is 20.8 Å².